The molecule has 0 amide bonds. The van der Waals surface area contributed by atoms with E-state index in [1.165, 1.54) is 6.07 Å². The van der Waals surface area contributed by atoms with Crippen LogP contribution in [0.1, 0.15) is 24.8 Å². The Balaban J connectivity index is 1.60. The van der Waals surface area contributed by atoms with Gasteiger partial charge < -0.3 is 19.7 Å². The van der Waals surface area contributed by atoms with Crippen molar-refractivity contribution < 1.29 is 13.9 Å². The Morgan fingerprint density at radius 2 is 2.20 bits per heavy atom. The number of hydrogen-bond acceptors (Lipinski definition) is 3. The maximum absolute atomic E-state index is 13.3. The molecule has 0 aliphatic carbocycles. The van der Waals surface area contributed by atoms with Gasteiger partial charge in [-0.15, -0.1) is 0 Å². The number of benzene rings is 1. The second kappa shape index (κ2) is 11.1. The van der Waals surface area contributed by atoms with E-state index < -0.39 is 0 Å². The number of nitrogens with zero attached hydrogens (tertiary/aromatic N) is 2. The van der Waals surface area contributed by atoms with Gasteiger partial charge in [0.1, 0.15) is 5.82 Å². The van der Waals surface area contributed by atoms with Crippen LogP contribution in [0.3, 0.4) is 0 Å². The minimum atomic E-state index is -0.212. The molecule has 0 radical (unpaired) electrons. The highest BCUT2D eigenvalue weighted by Crippen LogP contribution is 2.14. The van der Waals surface area contributed by atoms with Crippen molar-refractivity contribution in [2.75, 3.05) is 47.1 Å². The van der Waals surface area contributed by atoms with Gasteiger partial charge in [0.15, 0.2) is 5.96 Å². The van der Waals surface area contributed by atoms with Gasteiger partial charge in [0.05, 0.1) is 0 Å². The third kappa shape index (κ3) is 7.40. The van der Waals surface area contributed by atoms with Gasteiger partial charge in [-0.25, -0.2) is 4.39 Å². The zero-order valence-corrected chi connectivity index (χ0v) is 15.3. The smallest absolute Gasteiger partial charge is 0.193 e. The predicted octanol–water partition coefficient (Wildman–Crippen LogP) is 2.67. The van der Waals surface area contributed by atoms with Crippen LogP contribution < -0.4 is 5.32 Å². The van der Waals surface area contributed by atoms with Crippen LogP contribution in [0.4, 0.5) is 4.39 Å². The Morgan fingerprint density at radius 1 is 1.40 bits per heavy atom. The SMILES string of the molecule is CN=C(NCCCOCC1CCOCC1)N(C)Cc1cccc(F)c1. The molecule has 25 heavy (non-hydrogen) atoms. The summed E-state index contributed by atoms with van der Waals surface area (Å²) in [5, 5.41) is 3.32. The molecule has 1 aromatic rings. The van der Waals surface area contributed by atoms with Gasteiger partial charge >= 0.3 is 0 Å². The van der Waals surface area contributed by atoms with Gasteiger partial charge in [0.25, 0.3) is 0 Å². The van der Waals surface area contributed by atoms with Gasteiger partial charge in [-0.2, -0.15) is 0 Å². The molecule has 1 N–H and O–H groups in total. The minimum Gasteiger partial charge on any atom is -0.381 e. The number of aliphatic imine (C=N–C) groups is 1. The molecule has 0 atom stereocenters. The van der Waals surface area contributed by atoms with Crippen molar-refractivity contribution in [3.05, 3.63) is 35.6 Å². The number of nitrogens with one attached hydrogen (secondary N) is 1. The van der Waals surface area contributed by atoms with Crippen LogP contribution >= 0.6 is 0 Å². The summed E-state index contributed by atoms with van der Waals surface area (Å²) >= 11 is 0. The molecular formula is C19H30FN3O2. The number of ether oxygens (including phenoxy) is 2. The summed E-state index contributed by atoms with van der Waals surface area (Å²) in [4.78, 5) is 6.26. The average Bonchev–Trinajstić information content (AvgIpc) is 2.62. The zero-order chi connectivity index (χ0) is 17.9. The Hall–Kier alpha value is -1.66. The van der Waals surface area contributed by atoms with Crippen LogP contribution in [0.15, 0.2) is 29.3 Å². The van der Waals surface area contributed by atoms with E-state index in [2.05, 4.69) is 10.3 Å². The molecule has 2 rings (SSSR count). The second-order valence-corrected chi connectivity index (χ2v) is 6.44. The molecule has 1 aliphatic rings. The molecule has 5 nitrogen and oxygen atoms in total. The third-order valence-corrected chi connectivity index (χ3v) is 4.33. The normalized spacial score (nSPS) is 16.0. The first-order chi connectivity index (χ1) is 12.2. The van der Waals surface area contributed by atoms with Crippen LogP contribution in [0.25, 0.3) is 0 Å². The van der Waals surface area contributed by atoms with Crippen molar-refractivity contribution in [2.24, 2.45) is 10.9 Å². The fraction of sp³-hybridized carbons (Fsp3) is 0.632. The summed E-state index contributed by atoms with van der Waals surface area (Å²) in [7, 11) is 3.70. The van der Waals surface area contributed by atoms with Crippen LogP contribution in [-0.4, -0.2) is 57.9 Å². The summed E-state index contributed by atoms with van der Waals surface area (Å²) in [6, 6.07) is 6.65. The van der Waals surface area contributed by atoms with E-state index in [1.807, 2.05) is 18.0 Å². The summed E-state index contributed by atoms with van der Waals surface area (Å²) < 4.78 is 24.4. The number of guanidine groups is 1. The summed E-state index contributed by atoms with van der Waals surface area (Å²) in [6.45, 7) is 4.71. The van der Waals surface area contributed by atoms with Crippen molar-refractivity contribution in [1.82, 2.24) is 10.2 Å². The predicted molar refractivity (Wildman–Crippen MR) is 98.2 cm³/mol. The van der Waals surface area contributed by atoms with E-state index in [0.29, 0.717) is 12.5 Å². The van der Waals surface area contributed by atoms with Crippen molar-refractivity contribution >= 4 is 5.96 Å². The van der Waals surface area contributed by atoms with Crippen molar-refractivity contribution in [1.29, 1.82) is 0 Å². The molecule has 0 bridgehead atoms. The lowest BCUT2D eigenvalue weighted by atomic mass is 10.0. The molecule has 6 heteroatoms. The molecule has 1 aliphatic heterocycles. The highest BCUT2D eigenvalue weighted by atomic mass is 19.1. The Kier molecular flexibility index (Phi) is 8.69. The first kappa shape index (κ1) is 19.7. The van der Waals surface area contributed by atoms with Crippen LogP contribution in [0, 0.1) is 11.7 Å². The summed E-state index contributed by atoms with van der Waals surface area (Å²) in [5.74, 6) is 1.23. The molecular weight excluding hydrogens is 321 g/mol. The molecule has 1 fully saturated rings. The second-order valence-electron chi connectivity index (χ2n) is 6.44. The lowest BCUT2D eigenvalue weighted by molar-refractivity contribution is 0.0203. The number of rotatable bonds is 8. The summed E-state index contributed by atoms with van der Waals surface area (Å²) in [6.07, 6.45) is 3.14. The van der Waals surface area contributed by atoms with Crippen molar-refractivity contribution in [3.8, 4) is 0 Å². The molecule has 1 saturated heterocycles. The van der Waals surface area contributed by atoms with Crippen LogP contribution in [0.5, 0.6) is 0 Å². The molecule has 1 heterocycles. The summed E-state index contributed by atoms with van der Waals surface area (Å²) in [5.41, 5.74) is 0.922. The van der Waals surface area contributed by atoms with Gasteiger partial charge in [0, 0.05) is 53.6 Å². The third-order valence-electron chi connectivity index (χ3n) is 4.33. The van der Waals surface area contributed by atoms with E-state index >= 15 is 0 Å². The Bertz CT molecular complexity index is 533. The minimum absolute atomic E-state index is 0.212. The van der Waals surface area contributed by atoms with Gasteiger partial charge in [-0.3, -0.25) is 4.99 Å². The quantitative estimate of drug-likeness (QED) is 0.444. The van der Waals surface area contributed by atoms with Crippen molar-refractivity contribution in [2.45, 2.75) is 25.8 Å². The Labute approximate surface area is 150 Å². The maximum Gasteiger partial charge on any atom is 0.193 e. The lowest BCUT2D eigenvalue weighted by Gasteiger charge is -2.23. The number of hydrogen-bond donors (Lipinski definition) is 1. The number of halogens is 1. The first-order valence-corrected chi connectivity index (χ1v) is 9.00. The van der Waals surface area contributed by atoms with E-state index in [-0.39, 0.29) is 5.82 Å². The standard InChI is InChI=1S/C19H30FN3O2/c1-21-19(23(2)14-17-5-3-6-18(20)13-17)22-9-4-10-25-15-16-7-11-24-12-8-16/h3,5-6,13,16H,4,7-12,14-15H2,1-2H3,(H,21,22). The molecule has 0 spiro atoms. The Morgan fingerprint density at radius 3 is 2.92 bits per heavy atom. The highest BCUT2D eigenvalue weighted by Gasteiger charge is 2.13. The van der Waals surface area contributed by atoms with E-state index in [4.69, 9.17) is 9.47 Å². The first-order valence-electron chi connectivity index (χ1n) is 9.00. The monoisotopic (exact) mass is 351 g/mol. The van der Waals surface area contributed by atoms with Crippen LogP contribution in [0.2, 0.25) is 0 Å². The zero-order valence-electron chi connectivity index (χ0n) is 15.3. The van der Waals surface area contributed by atoms with Gasteiger partial charge in [0.2, 0.25) is 0 Å². The van der Waals surface area contributed by atoms with E-state index in [1.54, 1.807) is 19.2 Å². The van der Waals surface area contributed by atoms with Gasteiger partial charge in [-0.1, -0.05) is 12.1 Å². The van der Waals surface area contributed by atoms with Gasteiger partial charge in [-0.05, 0) is 42.9 Å². The molecule has 140 valence electrons. The van der Waals surface area contributed by atoms with Crippen LogP contribution in [-0.2, 0) is 16.0 Å². The van der Waals surface area contributed by atoms with E-state index in [9.17, 15) is 4.39 Å². The molecule has 1 aromatic carbocycles. The fourth-order valence-corrected chi connectivity index (χ4v) is 2.91. The molecule has 0 aromatic heterocycles. The van der Waals surface area contributed by atoms with E-state index in [0.717, 1.165) is 63.8 Å². The maximum atomic E-state index is 13.3. The topological polar surface area (TPSA) is 46.1 Å². The lowest BCUT2D eigenvalue weighted by Crippen LogP contribution is -2.39. The molecule has 0 unspecified atom stereocenters. The van der Waals surface area contributed by atoms with Crippen molar-refractivity contribution in [3.63, 3.8) is 0 Å². The average molecular weight is 351 g/mol. The highest BCUT2D eigenvalue weighted by molar-refractivity contribution is 5.79. The molecule has 0 saturated carbocycles. The fourth-order valence-electron chi connectivity index (χ4n) is 2.91. The largest absolute Gasteiger partial charge is 0.381 e.